The van der Waals surface area contributed by atoms with E-state index in [9.17, 15) is 18.4 Å². The number of carbonyl (C=O) groups excluding carboxylic acids is 2. The van der Waals surface area contributed by atoms with E-state index in [0.717, 1.165) is 0 Å². The lowest BCUT2D eigenvalue weighted by atomic mass is 10.1. The van der Waals surface area contributed by atoms with Gasteiger partial charge in [0.2, 0.25) is 5.91 Å². The highest BCUT2D eigenvalue weighted by atomic mass is 127. The smallest absolute Gasteiger partial charge is 0.408 e. The van der Waals surface area contributed by atoms with Gasteiger partial charge in [-0.15, -0.1) is 0 Å². The molecule has 0 aliphatic rings. The summed E-state index contributed by atoms with van der Waals surface area (Å²) in [7, 11) is 0. The Kier molecular flexibility index (Phi) is 7.34. The van der Waals surface area contributed by atoms with Crippen molar-refractivity contribution >= 4 is 40.3 Å². The molecule has 8 heteroatoms. The molecule has 5 nitrogen and oxygen atoms in total. The molecule has 0 unspecified atom stereocenters. The van der Waals surface area contributed by atoms with Gasteiger partial charge in [0.05, 0.1) is 5.69 Å². The van der Waals surface area contributed by atoms with Crippen LogP contribution < -0.4 is 10.6 Å². The Morgan fingerprint density at radius 1 is 1.11 bits per heavy atom. The summed E-state index contributed by atoms with van der Waals surface area (Å²) in [5.74, 6) is -1.61. The van der Waals surface area contributed by atoms with Gasteiger partial charge in [0, 0.05) is 9.99 Å². The van der Waals surface area contributed by atoms with Crippen molar-refractivity contribution in [2.45, 2.75) is 38.8 Å². The predicted octanol–water partition coefficient (Wildman–Crippen LogP) is 4.64. The number of anilines is 1. The van der Waals surface area contributed by atoms with Crippen LogP contribution in [0.5, 0.6) is 0 Å². The number of ether oxygens (including phenoxy) is 1. The number of rotatable bonds is 5. The lowest BCUT2D eigenvalue weighted by Crippen LogP contribution is -2.47. The maximum atomic E-state index is 14.1. The molecular formula is C20H21F2IN2O3. The number of amides is 2. The van der Waals surface area contributed by atoms with Crippen molar-refractivity contribution in [3.63, 3.8) is 0 Å². The maximum absolute atomic E-state index is 14.1. The summed E-state index contributed by atoms with van der Waals surface area (Å²) in [6.07, 6.45) is -0.699. The fraction of sp³-hybridized carbons (Fsp3) is 0.300. The van der Waals surface area contributed by atoms with Crippen molar-refractivity contribution in [2.24, 2.45) is 0 Å². The third-order valence-corrected chi connectivity index (χ3v) is 4.22. The molecule has 2 rings (SSSR count). The van der Waals surface area contributed by atoms with Gasteiger partial charge in [-0.05, 0) is 79.3 Å². The molecule has 28 heavy (non-hydrogen) atoms. The summed E-state index contributed by atoms with van der Waals surface area (Å²) in [4.78, 5) is 24.8. The fourth-order valence-electron chi connectivity index (χ4n) is 2.33. The zero-order valence-electron chi connectivity index (χ0n) is 15.7. The number of halogens is 3. The molecule has 0 aliphatic heterocycles. The molecule has 2 aromatic carbocycles. The largest absolute Gasteiger partial charge is 0.444 e. The Labute approximate surface area is 176 Å². The van der Waals surface area contributed by atoms with E-state index in [1.807, 2.05) is 22.6 Å². The summed E-state index contributed by atoms with van der Waals surface area (Å²) in [5.41, 5.74) is -0.121. The third-order valence-electron chi connectivity index (χ3n) is 3.55. The Balaban J connectivity index is 2.18. The molecule has 2 amide bonds. The van der Waals surface area contributed by atoms with Gasteiger partial charge in [-0.25, -0.2) is 13.6 Å². The number of alkyl carbamates (subject to hydrolysis) is 1. The molecule has 0 radical (unpaired) electrons. The number of hydrogen-bond donors (Lipinski definition) is 2. The van der Waals surface area contributed by atoms with Crippen LogP contribution in [0.3, 0.4) is 0 Å². The van der Waals surface area contributed by atoms with Gasteiger partial charge < -0.3 is 15.4 Å². The van der Waals surface area contributed by atoms with Gasteiger partial charge >= 0.3 is 6.09 Å². The van der Waals surface area contributed by atoms with Crippen LogP contribution in [0.1, 0.15) is 26.3 Å². The quantitative estimate of drug-likeness (QED) is 0.586. The fourth-order valence-corrected chi connectivity index (χ4v) is 2.78. The van der Waals surface area contributed by atoms with Crippen molar-refractivity contribution in [1.29, 1.82) is 0 Å². The molecule has 2 aromatic rings. The number of benzene rings is 2. The van der Waals surface area contributed by atoms with E-state index in [1.54, 1.807) is 26.8 Å². The van der Waals surface area contributed by atoms with Gasteiger partial charge in [0.25, 0.3) is 0 Å². The second-order valence-corrected chi connectivity index (χ2v) is 8.39. The normalized spacial score (nSPS) is 12.2. The number of nitrogens with one attached hydrogen (secondary N) is 2. The average molecular weight is 502 g/mol. The molecule has 0 fully saturated rings. The van der Waals surface area contributed by atoms with Crippen molar-refractivity contribution in [1.82, 2.24) is 5.32 Å². The Bertz CT molecular complexity index is 852. The molecule has 0 saturated heterocycles. The first-order valence-electron chi connectivity index (χ1n) is 8.53. The molecule has 0 saturated carbocycles. The molecule has 0 bridgehead atoms. The molecule has 1 atom stereocenters. The van der Waals surface area contributed by atoms with Crippen LogP contribution in [-0.4, -0.2) is 23.6 Å². The topological polar surface area (TPSA) is 67.4 Å². The first-order chi connectivity index (χ1) is 13.0. The Morgan fingerprint density at radius 2 is 1.75 bits per heavy atom. The second-order valence-electron chi connectivity index (χ2n) is 7.14. The standard InChI is InChI=1S/C20H21F2IN2O3/c1-20(2,3)28-19(27)25-17(10-12-4-6-13(21)7-5-12)18(26)24-16-9-8-14(23)11-15(16)22/h4-9,11,17H,10H2,1-3H3,(H,24,26)(H,25,27)/t17-/m0/s1. The summed E-state index contributed by atoms with van der Waals surface area (Å²) >= 11 is 1.96. The van der Waals surface area contributed by atoms with Gasteiger partial charge in [0.15, 0.2) is 0 Å². The van der Waals surface area contributed by atoms with E-state index >= 15 is 0 Å². The summed E-state index contributed by atoms with van der Waals surface area (Å²) < 4.78 is 33.1. The van der Waals surface area contributed by atoms with Crippen LogP contribution >= 0.6 is 22.6 Å². The lowest BCUT2D eigenvalue weighted by molar-refractivity contribution is -0.118. The summed E-state index contributed by atoms with van der Waals surface area (Å²) in [5, 5.41) is 4.97. The van der Waals surface area contributed by atoms with E-state index in [2.05, 4.69) is 10.6 Å². The monoisotopic (exact) mass is 502 g/mol. The minimum atomic E-state index is -1.04. The third kappa shape index (κ3) is 7.06. The van der Waals surface area contributed by atoms with E-state index in [1.165, 1.54) is 36.4 Å². The second kappa shape index (κ2) is 9.31. The van der Waals surface area contributed by atoms with Crippen LogP contribution in [0, 0.1) is 15.2 Å². The summed E-state index contributed by atoms with van der Waals surface area (Å²) in [6.45, 7) is 5.09. The van der Waals surface area contributed by atoms with Gasteiger partial charge in [-0.1, -0.05) is 12.1 Å². The van der Waals surface area contributed by atoms with Crippen molar-refractivity contribution in [3.8, 4) is 0 Å². The molecular weight excluding hydrogens is 481 g/mol. The molecule has 0 heterocycles. The predicted molar refractivity (Wildman–Crippen MR) is 111 cm³/mol. The van der Waals surface area contributed by atoms with Crippen molar-refractivity contribution < 1.29 is 23.1 Å². The van der Waals surface area contributed by atoms with Gasteiger partial charge in [0.1, 0.15) is 23.3 Å². The zero-order chi connectivity index (χ0) is 20.9. The first-order valence-corrected chi connectivity index (χ1v) is 9.61. The highest BCUT2D eigenvalue weighted by Crippen LogP contribution is 2.18. The zero-order valence-corrected chi connectivity index (χ0v) is 17.8. The SMILES string of the molecule is CC(C)(C)OC(=O)N[C@@H](Cc1ccc(F)cc1)C(=O)Nc1ccc(I)cc1F. The highest BCUT2D eigenvalue weighted by molar-refractivity contribution is 14.1. The minimum Gasteiger partial charge on any atom is -0.444 e. The van der Waals surface area contributed by atoms with Crippen LogP contribution in [-0.2, 0) is 16.0 Å². The first kappa shape index (κ1) is 22.1. The van der Waals surface area contributed by atoms with Crippen LogP contribution in [0.4, 0.5) is 19.3 Å². The van der Waals surface area contributed by atoms with E-state index in [4.69, 9.17) is 4.74 Å². The Hall–Kier alpha value is -2.23. The van der Waals surface area contributed by atoms with Crippen molar-refractivity contribution in [2.75, 3.05) is 5.32 Å². The van der Waals surface area contributed by atoms with Crippen LogP contribution in [0.2, 0.25) is 0 Å². The molecule has 0 aromatic heterocycles. The van der Waals surface area contributed by atoms with E-state index < -0.39 is 35.3 Å². The van der Waals surface area contributed by atoms with Crippen LogP contribution in [0.15, 0.2) is 42.5 Å². The number of hydrogen-bond acceptors (Lipinski definition) is 3. The summed E-state index contributed by atoms with van der Waals surface area (Å²) in [6, 6.07) is 8.88. The molecule has 0 aliphatic carbocycles. The molecule has 150 valence electrons. The maximum Gasteiger partial charge on any atom is 0.408 e. The molecule has 0 spiro atoms. The Morgan fingerprint density at radius 3 is 2.32 bits per heavy atom. The number of carbonyl (C=O) groups is 2. The van der Waals surface area contributed by atoms with Crippen molar-refractivity contribution in [3.05, 3.63) is 63.2 Å². The van der Waals surface area contributed by atoms with E-state index in [0.29, 0.717) is 9.13 Å². The van der Waals surface area contributed by atoms with E-state index in [-0.39, 0.29) is 12.1 Å². The average Bonchev–Trinajstić information content (AvgIpc) is 2.57. The highest BCUT2D eigenvalue weighted by Gasteiger charge is 2.25. The van der Waals surface area contributed by atoms with Gasteiger partial charge in [-0.2, -0.15) is 0 Å². The lowest BCUT2D eigenvalue weighted by Gasteiger charge is -2.23. The minimum absolute atomic E-state index is 0.000473. The molecule has 2 N–H and O–H groups in total. The van der Waals surface area contributed by atoms with Crippen LogP contribution in [0.25, 0.3) is 0 Å². The van der Waals surface area contributed by atoms with Gasteiger partial charge in [-0.3, -0.25) is 4.79 Å².